The lowest BCUT2D eigenvalue weighted by molar-refractivity contribution is 0.489. The third kappa shape index (κ3) is 4.20. The van der Waals surface area contributed by atoms with Crippen LogP contribution in [0.5, 0.6) is 0 Å². The largest absolute Gasteiger partial charge is 0.313 e. The molecule has 1 fully saturated rings. The minimum Gasteiger partial charge on any atom is -0.313 e. The van der Waals surface area contributed by atoms with E-state index in [-0.39, 0.29) is 11.8 Å². The smallest absolute Gasteiger partial charge is 0.179 e. The molecule has 2 rings (SSSR count). The van der Waals surface area contributed by atoms with Crippen molar-refractivity contribution < 1.29 is 8.42 Å². The average molecular weight is 302 g/mol. The van der Waals surface area contributed by atoms with E-state index >= 15 is 0 Å². The van der Waals surface area contributed by atoms with E-state index in [9.17, 15) is 8.42 Å². The van der Waals surface area contributed by atoms with Crippen molar-refractivity contribution in [3.63, 3.8) is 0 Å². The number of sulfone groups is 1. The molecule has 0 heterocycles. The zero-order chi connectivity index (χ0) is 13.9. The number of hydrogen-bond donors (Lipinski definition) is 1. The molecule has 0 spiro atoms. The fourth-order valence-corrected chi connectivity index (χ4v) is 3.90. The van der Waals surface area contributed by atoms with Gasteiger partial charge in [0.15, 0.2) is 9.84 Å². The summed E-state index contributed by atoms with van der Waals surface area (Å²) < 4.78 is 24.7. The topological polar surface area (TPSA) is 46.2 Å². The number of benzene rings is 1. The molecular formula is C14H20ClNO2S. The highest BCUT2D eigenvalue weighted by molar-refractivity contribution is 7.91. The summed E-state index contributed by atoms with van der Waals surface area (Å²) in [5, 5.41) is 3.92. The van der Waals surface area contributed by atoms with Gasteiger partial charge in [-0.15, -0.1) is 0 Å². The van der Waals surface area contributed by atoms with Gasteiger partial charge < -0.3 is 5.32 Å². The first kappa shape index (κ1) is 14.8. The highest BCUT2D eigenvalue weighted by Crippen LogP contribution is 2.34. The third-order valence-corrected chi connectivity index (χ3v) is 5.46. The lowest BCUT2D eigenvalue weighted by Crippen LogP contribution is -2.38. The second-order valence-corrected chi connectivity index (χ2v) is 7.60. The maximum Gasteiger partial charge on any atom is 0.179 e. The Labute approximate surface area is 120 Å². The second-order valence-electron chi connectivity index (χ2n) is 5.13. The number of nitrogens with one attached hydrogen (secondary N) is 1. The Bertz CT molecular complexity index is 509. The van der Waals surface area contributed by atoms with Gasteiger partial charge in [0.25, 0.3) is 0 Å². The molecule has 1 saturated carbocycles. The highest BCUT2D eigenvalue weighted by Gasteiger charge is 2.34. The third-order valence-electron chi connectivity index (χ3n) is 3.42. The molecule has 1 unspecified atom stereocenters. The van der Waals surface area contributed by atoms with Crippen molar-refractivity contribution in [1.82, 2.24) is 5.32 Å². The Morgan fingerprint density at radius 3 is 2.47 bits per heavy atom. The van der Waals surface area contributed by atoms with E-state index in [4.69, 9.17) is 11.6 Å². The molecule has 1 aliphatic carbocycles. The first-order valence-corrected chi connectivity index (χ1v) is 8.77. The normalized spacial score (nSPS) is 17.4. The van der Waals surface area contributed by atoms with E-state index < -0.39 is 9.84 Å². The molecule has 1 aromatic rings. The molecule has 0 aliphatic heterocycles. The van der Waals surface area contributed by atoms with Crippen LogP contribution in [0.4, 0.5) is 0 Å². The van der Waals surface area contributed by atoms with E-state index in [1.807, 2.05) is 0 Å². The average Bonchev–Trinajstić information content (AvgIpc) is 3.19. The summed E-state index contributed by atoms with van der Waals surface area (Å²) in [5.41, 5.74) is 0. The van der Waals surface area contributed by atoms with Gasteiger partial charge in [-0.3, -0.25) is 0 Å². The standard InChI is InChI=1S/C14H20ClNO2S/c1-2-9-16-14(11-3-4-11)10-19(17,18)13-7-5-12(15)6-8-13/h5-8,11,14,16H,2-4,9-10H2,1H3. The SMILES string of the molecule is CCCNC(CS(=O)(=O)c1ccc(Cl)cc1)C1CC1. The van der Waals surface area contributed by atoms with E-state index in [0.29, 0.717) is 15.8 Å². The fraction of sp³-hybridized carbons (Fsp3) is 0.571. The molecule has 0 radical (unpaired) electrons. The Kier molecular flexibility index (Phi) is 4.87. The van der Waals surface area contributed by atoms with Gasteiger partial charge in [0.05, 0.1) is 10.6 Å². The molecule has 1 aliphatic rings. The first-order chi connectivity index (χ1) is 9.03. The zero-order valence-electron chi connectivity index (χ0n) is 11.1. The fourth-order valence-electron chi connectivity index (χ4n) is 2.16. The monoisotopic (exact) mass is 301 g/mol. The van der Waals surface area contributed by atoms with Crippen LogP contribution in [-0.4, -0.2) is 26.8 Å². The van der Waals surface area contributed by atoms with Crippen LogP contribution in [0.2, 0.25) is 5.02 Å². The number of halogens is 1. The molecule has 106 valence electrons. The van der Waals surface area contributed by atoms with Crippen LogP contribution in [0.25, 0.3) is 0 Å². The van der Waals surface area contributed by atoms with Gasteiger partial charge in [-0.2, -0.15) is 0 Å². The Hall–Kier alpha value is -0.580. The molecule has 0 aromatic heterocycles. The summed E-state index contributed by atoms with van der Waals surface area (Å²) in [4.78, 5) is 0.362. The molecule has 3 nitrogen and oxygen atoms in total. The maximum atomic E-state index is 12.4. The summed E-state index contributed by atoms with van der Waals surface area (Å²) >= 11 is 5.79. The summed E-state index contributed by atoms with van der Waals surface area (Å²) in [6, 6.07) is 6.50. The number of rotatable bonds is 7. The molecule has 1 N–H and O–H groups in total. The Balaban J connectivity index is 2.08. The summed E-state index contributed by atoms with van der Waals surface area (Å²) in [5.74, 6) is 0.702. The Morgan fingerprint density at radius 2 is 1.95 bits per heavy atom. The predicted molar refractivity (Wildman–Crippen MR) is 78.3 cm³/mol. The van der Waals surface area contributed by atoms with Crippen LogP contribution in [-0.2, 0) is 9.84 Å². The van der Waals surface area contributed by atoms with Crippen molar-refractivity contribution in [2.24, 2.45) is 5.92 Å². The minimum atomic E-state index is -3.23. The van der Waals surface area contributed by atoms with Gasteiger partial charge in [0, 0.05) is 11.1 Å². The second kappa shape index (κ2) is 6.25. The first-order valence-electron chi connectivity index (χ1n) is 6.74. The van der Waals surface area contributed by atoms with Crippen LogP contribution in [0.3, 0.4) is 0 Å². The van der Waals surface area contributed by atoms with Crippen LogP contribution in [0, 0.1) is 5.92 Å². The predicted octanol–water partition coefficient (Wildman–Crippen LogP) is 2.89. The van der Waals surface area contributed by atoms with Crippen molar-refractivity contribution in [1.29, 1.82) is 0 Å². The number of hydrogen-bond acceptors (Lipinski definition) is 3. The minimum absolute atomic E-state index is 0.0839. The summed E-state index contributed by atoms with van der Waals surface area (Å²) in [6.07, 6.45) is 3.29. The van der Waals surface area contributed by atoms with Crippen molar-refractivity contribution in [3.05, 3.63) is 29.3 Å². The maximum absolute atomic E-state index is 12.4. The van der Waals surface area contributed by atoms with Crippen LogP contribution in [0.1, 0.15) is 26.2 Å². The van der Waals surface area contributed by atoms with Crippen LogP contribution < -0.4 is 5.32 Å². The lowest BCUT2D eigenvalue weighted by atomic mass is 10.2. The molecular weight excluding hydrogens is 282 g/mol. The van der Waals surface area contributed by atoms with E-state index in [1.165, 1.54) is 0 Å². The quantitative estimate of drug-likeness (QED) is 0.842. The van der Waals surface area contributed by atoms with Gasteiger partial charge in [0.2, 0.25) is 0 Å². The van der Waals surface area contributed by atoms with Gasteiger partial charge in [-0.25, -0.2) is 8.42 Å². The van der Waals surface area contributed by atoms with Gasteiger partial charge in [0.1, 0.15) is 0 Å². The van der Waals surface area contributed by atoms with E-state index in [1.54, 1.807) is 24.3 Å². The van der Waals surface area contributed by atoms with Crippen molar-refractivity contribution in [2.45, 2.75) is 37.1 Å². The van der Waals surface area contributed by atoms with E-state index in [0.717, 1.165) is 25.8 Å². The highest BCUT2D eigenvalue weighted by atomic mass is 35.5. The molecule has 0 amide bonds. The Morgan fingerprint density at radius 1 is 1.32 bits per heavy atom. The van der Waals surface area contributed by atoms with Gasteiger partial charge in [-0.1, -0.05) is 18.5 Å². The van der Waals surface area contributed by atoms with Gasteiger partial charge in [-0.05, 0) is 56.0 Å². The molecule has 5 heteroatoms. The molecule has 0 saturated heterocycles. The van der Waals surface area contributed by atoms with Crippen LogP contribution in [0.15, 0.2) is 29.2 Å². The molecule has 19 heavy (non-hydrogen) atoms. The molecule has 1 atom stereocenters. The summed E-state index contributed by atoms with van der Waals surface area (Å²) in [7, 11) is -3.23. The molecule has 0 bridgehead atoms. The summed E-state index contributed by atoms with van der Waals surface area (Å²) in [6.45, 7) is 2.96. The van der Waals surface area contributed by atoms with Gasteiger partial charge >= 0.3 is 0 Å². The van der Waals surface area contributed by atoms with Crippen molar-refractivity contribution >= 4 is 21.4 Å². The van der Waals surface area contributed by atoms with Crippen molar-refractivity contribution in [3.8, 4) is 0 Å². The van der Waals surface area contributed by atoms with Crippen LogP contribution >= 0.6 is 11.6 Å². The van der Waals surface area contributed by atoms with Crippen molar-refractivity contribution in [2.75, 3.05) is 12.3 Å². The molecule has 1 aromatic carbocycles. The lowest BCUT2D eigenvalue weighted by Gasteiger charge is -2.18. The zero-order valence-corrected chi connectivity index (χ0v) is 12.7. The van der Waals surface area contributed by atoms with E-state index in [2.05, 4.69) is 12.2 Å².